The van der Waals surface area contributed by atoms with E-state index in [4.69, 9.17) is 5.11 Å². The number of carbonyl (C=O) groups excluding carboxylic acids is 1. The van der Waals surface area contributed by atoms with Crippen LogP contribution >= 0.6 is 0 Å². The number of hydrogen-bond donors (Lipinski definition) is 2. The van der Waals surface area contributed by atoms with Crippen molar-refractivity contribution < 1.29 is 14.7 Å². The molecule has 2 aromatic rings. The van der Waals surface area contributed by atoms with Gasteiger partial charge in [-0.1, -0.05) is 12.1 Å². The van der Waals surface area contributed by atoms with Crippen molar-refractivity contribution in [3.8, 4) is 11.4 Å². The number of aromatic nitrogens is 3. The molecule has 0 atom stereocenters. The number of carboxylic acid groups (broad SMARTS) is 1. The van der Waals surface area contributed by atoms with E-state index in [0.717, 1.165) is 5.56 Å². The summed E-state index contributed by atoms with van der Waals surface area (Å²) in [5.74, 6) is -0.644. The lowest BCUT2D eigenvalue weighted by molar-refractivity contribution is -0.143. The number of hydrogen-bond acceptors (Lipinski definition) is 4. The van der Waals surface area contributed by atoms with Crippen LogP contribution in [0.5, 0.6) is 0 Å². The van der Waals surface area contributed by atoms with Crippen LogP contribution in [-0.2, 0) is 16.6 Å². The fourth-order valence-corrected chi connectivity index (χ4v) is 3.05. The summed E-state index contributed by atoms with van der Waals surface area (Å²) in [7, 11) is 1.80. The summed E-state index contributed by atoms with van der Waals surface area (Å²) in [6.07, 6.45) is 3.98. The molecule has 24 heavy (non-hydrogen) atoms. The molecule has 126 valence electrons. The van der Waals surface area contributed by atoms with Crippen molar-refractivity contribution in [1.29, 1.82) is 0 Å². The Morgan fingerprint density at radius 1 is 1.21 bits per heavy atom. The number of aryl methyl sites for hydroxylation is 1. The third kappa shape index (κ3) is 3.61. The van der Waals surface area contributed by atoms with Gasteiger partial charge in [0, 0.05) is 24.2 Å². The van der Waals surface area contributed by atoms with Gasteiger partial charge in [0.25, 0.3) is 0 Å². The van der Waals surface area contributed by atoms with Crippen LogP contribution in [0.15, 0.2) is 30.6 Å². The highest BCUT2D eigenvalue weighted by molar-refractivity contribution is 5.93. The van der Waals surface area contributed by atoms with Gasteiger partial charge < -0.3 is 10.4 Å². The molecule has 1 heterocycles. The molecular weight excluding hydrogens is 308 g/mol. The number of rotatable bonds is 4. The van der Waals surface area contributed by atoms with E-state index in [-0.39, 0.29) is 17.7 Å². The molecule has 0 spiro atoms. The lowest BCUT2D eigenvalue weighted by atomic mass is 9.81. The van der Waals surface area contributed by atoms with Gasteiger partial charge in [0.05, 0.1) is 5.92 Å². The molecule has 7 heteroatoms. The fraction of sp³-hybridized carbons (Fsp3) is 0.412. The quantitative estimate of drug-likeness (QED) is 0.897. The zero-order valence-corrected chi connectivity index (χ0v) is 13.5. The molecule has 0 bridgehead atoms. The molecule has 1 aliphatic rings. The second kappa shape index (κ2) is 6.82. The van der Waals surface area contributed by atoms with Crippen molar-refractivity contribution in [3.63, 3.8) is 0 Å². The molecule has 0 radical (unpaired) electrons. The summed E-state index contributed by atoms with van der Waals surface area (Å²) in [4.78, 5) is 27.6. The molecule has 1 amide bonds. The van der Waals surface area contributed by atoms with Gasteiger partial charge >= 0.3 is 5.97 Å². The van der Waals surface area contributed by atoms with Gasteiger partial charge in [-0.3, -0.25) is 14.3 Å². The third-order valence-corrected chi connectivity index (χ3v) is 4.44. The van der Waals surface area contributed by atoms with Gasteiger partial charge in [-0.15, -0.1) is 0 Å². The Kier molecular flexibility index (Phi) is 4.59. The maximum atomic E-state index is 12.4. The largest absolute Gasteiger partial charge is 0.481 e. The highest BCUT2D eigenvalue weighted by atomic mass is 16.4. The smallest absolute Gasteiger partial charge is 0.306 e. The van der Waals surface area contributed by atoms with E-state index in [0.29, 0.717) is 37.2 Å². The van der Waals surface area contributed by atoms with Crippen molar-refractivity contribution in [3.05, 3.63) is 30.6 Å². The Morgan fingerprint density at radius 3 is 2.54 bits per heavy atom. The number of aliphatic carboxylic acids is 1. The second-order valence-electron chi connectivity index (χ2n) is 6.20. The molecule has 3 rings (SSSR count). The molecular formula is C17H20N4O3. The Balaban J connectivity index is 1.64. The zero-order valence-electron chi connectivity index (χ0n) is 13.5. The topological polar surface area (TPSA) is 97.1 Å². The van der Waals surface area contributed by atoms with Gasteiger partial charge in [-0.05, 0) is 37.8 Å². The number of anilines is 1. The predicted octanol–water partition coefficient (Wildman–Crippen LogP) is 2.31. The average molecular weight is 328 g/mol. The number of nitrogens with one attached hydrogen (secondary N) is 1. The fourth-order valence-electron chi connectivity index (χ4n) is 3.05. The molecule has 2 N–H and O–H groups in total. The molecule has 1 aromatic heterocycles. The first-order chi connectivity index (χ1) is 11.5. The molecule has 0 saturated heterocycles. The number of amides is 1. The monoisotopic (exact) mass is 328 g/mol. The van der Waals surface area contributed by atoms with E-state index >= 15 is 0 Å². The summed E-state index contributed by atoms with van der Waals surface area (Å²) in [6.45, 7) is 0. The molecule has 1 saturated carbocycles. The normalized spacial score (nSPS) is 20.5. The summed E-state index contributed by atoms with van der Waals surface area (Å²) in [5, 5.41) is 16.2. The molecule has 7 nitrogen and oxygen atoms in total. The minimum atomic E-state index is -0.760. The first-order valence-corrected chi connectivity index (χ1v) is 8.02. The highest BCUT2D eigenvalue weighted by Gasteiger charge is 2.29. The molecule has 0 aliphatic heterocycles. The van der Waals surface area contributed by atoms with Crippen molar-refractivity contribution in [1.82, 2.24) is 14.8 Å². The molecule has 0 unspecified atom stereocenters. The van der Waals surface area contributed by atoms with Gasteiger partial charge in [-0.2, -0.15) is 5.10 Å². The number of benzene rings is 1. The minimum Gasteiger partial charge on any atom is -0.481 e. The van der Waals surface area contributed by atoms with Crippen LogP contribution < -0.4 is 5.32 Å². The summed E-state index contributed by atoms with van der Waals surface area (Å²) in [6, 6.07) is 7.41. The van der Waals surface area contributed by atoms with Gasteiger partial charge in [-0.25, -0.2) is 4.98 Å². The maximum Gasteiger partial charge on any atom is 0.306 e. The Hall–Kier alpha value is -2.70. The van der Waals surface area contributed by atoms with Crippen LogP contribution in [-0.4, -0.2) is 31.7 Å². The number of nitrogens with zero attached hydrogens (tertiary/aromatic N) is 3. The first-order valence-electron chi connectivity index (χ1n) is 8.02. The van der Waals surface area contributed by atoms with Crippen LogP contribution in [0.2, 0.25) is 0 Å². The third-order valence-electron chi connectivity index (χ3n) is 4.44. The summed E-state index contributed by atoms with van der Waals surface area (Å²) < 4.78 is 1.63. The Labute approximate surface area is 139 Å². The van der Waals surface area contributed by atoms with Crippen LogP contribution in [0, 0.1) is 11.8 Å². The van der Waals surface area contributed by atoms with Crippen molar-refractivity contribution >= 4 is 17.6 Å². The lowest BCUT2D eigenvalue weighted by Crippen LogP contribution is -2.29. The van der Waals surface area contributed by atoms with E-state index < -0.39 is 5.97 Å². The Bertz CT molecular complexity index is 748. The van der Waals surface area contributed by atoms with Gasteiger partial charge in [0.2, 0.25) is 5.91 Å². The van der Waals surface area contributed by atoms with Crippen LogP contribution in [0.25, 0.3) is 11.4 Å². The van der Waals surface area contributed by atoms with Crippen LogP contribution in [0.4, 0.5) is 5.69 Å². The van der Waals surface area contributed by atoms with E-state index in [1.807, 2.05) is 24.3 Å². The Morgan fingerprint density at radius 2 is 1.92 bits per heavy atom. The maximum absolute atomic E-state index is 12.4. The molecule has 1 fully saturated rings. The van der Waals surface area contributed by atoms with E-state index in [2.05, 4.69) is 15.4 Å². The average Bonchev–Trinajstić information content (AvgIpc) is 3.02. The lowest BCUT2D eigenvalue weighted by Gasteiger charge is -2.25. The predicted molar refractivity (Wildman–Crippen MR) is 88.2 cm³/mol. The SMILES string of the molecule is Cn1cnc(-c2cccc(NC(=O)C3CCC(C(=O)O)CC3)c2)n1. The van der Waals surface area contributed by atoms with E-state index in [1.54, 1.807) is 18.1 Å². The van der Waals surface area contributed by atoms with E-state index in [9.17, 15) is 9.59 Å². The molecule has 1 aromatic carbocycles. The molecule has 1 aliphatic carbocycles. The second-order valence-corrected chi connectivity index (χ2v) is 6.20. The summed E-state index contributed by atoms with van der Waals surface area (Å²) >= 11 is 0. The minimum absolute atomic E-state index is 0.0510. The van der Waals surface area contributed by atoms with Gasteiger partial charge in [0.1, 0.15) is 6.33 Å². The standard InChI is InChI=1S/C17H20N4O3/c1-21-10-18-15(20-21)13-3-2-4-14(9-13)19-16(22)11-5-7-12(8-6-11)17(23)24/h2-4,9-12H,5-8H2,1H3,(H,19,22)(H,23,24). The van der Waals surface area contributed by atoms with Gasteiger partial charge in [0.15, 0.2) is 5.82 Å². The van der Waals surface area contributed by atoms with Crippen molar-refractivity contribution in [2.24, 2.45) is 18.9 Å². The van der Waals surface area contributed by atoms with Crippen molar-refractivity contribution in [2.45, 2.75) is 25.7 Å². The van der Waals surface area contributed by atoms with Crippen LogP contribution in [0.3, 0.4) is 0 Å². The summed E-state index contributed by atoms with van der Waals surface area (Å²) in [5.41, 5.74) is 1.54. The number of carboxylic acids is 1. The van der Waals surface area contributed by atoms with Crippen LogP contribution in [0.1, 0.15) is 25.7 Å². The van der Waals surface area contributed by atoms with E-state index in [1.165, 1.54) is 0 Å². The van der Waals surface area contributed by atoms with Crippen molar-refractivity contribution in [2.75, 3.05) is 5.32 Å². The number of carbonyl (C=O) groups is 2. The zero-order chi connectivity index (χ0) is 17.1. The first kappa shape index (κ1) is 16.2. The highest BCUT2D eigenvalue weighted by Crippen LogP contribution is 2.30.